The van der Waals surface area contributed by atoms with Crippen LogP contribution in [-0.4, -0.2) is 56.9 Å². The summed E-state index contributed by atoms with van der Waals surface area (Å²) in [6.07, 6.45) is 2.35. The lowest BCUT2D eigenvalue weighted by Gasteiger charge is -2.21. The van der Waals surface area contributed by atoms with Gasteiger partial charge in [0.25, 0.3) is 0 Å². The van der Waals surface area contributed by atoms with Crippen LogP contribution in [0, 0.1) is 0 Å². The van der Waals surface area contributed by atoms with Gasteiger partial charge in [0, 0.05) is 19.6 Å². The molecule has 3 heterocycles. The van der Waals surface area contributed by atoms with Crippen LogP contribution in [-0.2, 0) is 21.3 Å². The smallest absolute Gasteiger partial charge is 0.349 e. The minimum Gasteiger partial charge on any atom is -0.468 e. The molecule has 1 saturated heterocycles. The molecule has 9 heteroatoms. The van der Waals surface area contributed by atoms with E-state index in [9.17, 15) is 13.2 Å². The Morgan fingerprint density at radius 1 is 1.28 bits per heavy atom. The van der Waals surface area contributed by atoms with Crippen LogP contribution in [0.5, 0.6) is 0 Å². The van der Waals surface area contributed by atoms with E-state index >= 15 is 0 Å². The monoisotopic (exact) mass is 384 g/mol. The number of thiophene rings is 1. The van der Waals surface area contributed by atoms with E-state index in [1.165, 1.54) is 17.5 Å². The van der Waals surface area contributed by atoms with Crippen molar-refractivity contribution in [3.05, 3.63) is 40.5 Å². The van der Waals surface area contributed by atoms with E-state index in [0.29, 0.717) is 26.2 Å². The van der Waals surface area contributed by atoms with Crippen LogP contribution < -0.4 is 0 Å². The Balaban J connectivity index is 1.73. The summed E-state index contributed by atoms with van der Waals surface area (Å²) in [7, 11) is -2.47. The normalized spacial score (nSPS) is 17.3. The van der Waals surface area contributed by atoms with Crippen molar-refractivity contribution in [2.45, 2.75) is 17.9 Å². The van der Waals surface area contributed by atoms with Crippen molar-refractivity contribution in [1.82, 2.24) is 9.21 Å². The van der Waals surface area contributed by atoms with Crippen LogP contribution >= 0.6 is 11.3 Å². The van der Waals surface area contributed by atoms with Gasteiger partial charge in [-0.25, -0.2) is 13.2 Å². The zero-order chi connectivity index (χ0) is 17.9. The quantitative estimate of drug-likeness (QED) is 0.734. The standard InChI is InChI=1S/C16H20N2O5S2/c1-22-16(19)15-14(5-11-24-15)25(20,21)18-7-3-6-17(8-9-18)12-13-4-2-10-23-13/h2,4-5,10-11H,3,6-9,12H2,1H3. The number of carbonyl (C=O) groups is 1. The fourth-order valence-corrected chi connectivity index (χ4v) is 5.63. The molecule has 0 spiro atoms. The number of nitrogens with zero attached hydrogens (tertiary/aromatic N) is 2. The van der Waals surface area contributed by atoms with Gasteiger partial charge in [0.1, 0.15) is 15.5 Å². The molecular formula is C16H20N2O5S2. The lowest BCUT2D eigenvalue weighted by Crippen LogP contribution is -2.35. The molecule has 0 saturated carbocycles. The van der Waals surface area contributed by atoms with Gasteiger partial charge in [-0.1, -0.05) is 0 Å². The highest BCUT2D eigenvalue weighted by molar-refractivity contribution is 7.89. The number of hydrogen-bond donors (Lipinski definition) is 0. The number of sulfonamides is 1. The number of methoxy groups -OCH3 is 1. The van der Waals surface area contributed by atoms with E-state index in [2.05, 4.69) is 9.64 Å². The lowest BCUT2D eigenvalue weighted by molar-refractivity contribution is 0.0602. The van der Waals surface area contributed by atoms with Crippen LogP contribution in [0.4, 0.5) is 0 Å². The van der Waals surface area contributed by atoms with E-state index in [-0.39, 0.29) is 9.77 Å². The zero-order valence-corrected chi connectivity index (χ0v) is 15.5. The third kappa shape index (κ3) is 3.95. The molecule has 3 rings (SSSR count). The Morgan fingerprint density at radius 3 is 2.84 bits per heavy atom. The number of furan rings is 1. The van der Waals surface area contributed by atoms with E-state index in [0.717, 1.165) is 30.1 Å². The molecule has 0 amide bonds. The molecule has 1 fully saturated rings. The Labute approximate surface area is 150 Å². The molecule has 25 heavy (non-hydrogen) atoms. The molecule has 2 aromatic heterocycles. The molecule has 0 aliphatic carbocycles. The van der Waals surface area contributed by atoms with Gasteiger partial charge in [-0.3, -0.25) is 4.90 Å². The highest BCUT2D eigenvalue weighted by Gasteiger charge is 2.31. The molecule has 1 aliphatic heterocycles. The fourth-order valence-electron chi connectivity index (χ4n) is 2.85. The number of ether oxygens (including phenoxy) is 1. The maximum atomic E-state index is 13.0. The highest BCUT2D eigenvalue weighted by Crippen LogP contribution is 2.26. The summed E-state index contributed by atoms with van der Waals surface area (Å²) < 4.78 is 37.4. The van der Waals surface area contributed by atoms with E-state index in [1.807, 2.05) is 12.1 Å². The van der Waals surface area contributed by atoms with Gasteiger partial charge in [0.2, 0.25) is 10.0 Å². The van der Waals surface area contributed by atoms with Crippen LogP contribution in [0.3, 0.4) is 0 Å². The summed E-state index contributed by atoms with van der Waals surface area (Å²) in [6.45, 7) is 2.86. The van der Waals surface area contributed by atoms with Gasteiger partial charge in [0.15, 0.2) is 0 Å². The van der Waals surface area contributed by atoms with Crippen LogP contribution in [0.25, 0.3) is 0 Å². The van der Waals surface area contributed by atoms with Gasteiger partial charge in [-0.2, -0.15) is 4.31 Å². The Morgan fingerprint density at radius 2 is 2.12 bits per heavy atom. The second-order valence-electron chi connectivity index (χ2n) is 5.72. The third-order valence-corrected chi connectivity index (χ3v) is 7.09. The minimum atomic E-state index is -3.72. The molecule has 7 nitrogen and oxygen atoms in total. The average molecular weight is 384 g/mol. The number of carbonyl (C=O) groups excluding carboxylic acids is 1. The van der Waals surface area contributed by atoms with Gasteiger partial charge < -0.3 is 9.15 Å². The highest BCUT2D eigenvalue weighted by atomic mass is 32.2. The largest absolute Gasteiger partial charge is 0.468 e. The first-order valence-electron chi connectivity index (χ1n) is 7.93. The maximum absolute atomic E-state index is 13.0. The predicted octanol–water partition coefficient (Wildman–Crippen LogP) is 2.02. The molecule has 0 radical (unpaired) electrons. The molecule has 0 unspecified atom stereocenters. The Kier molecular flexibility index (Phi) is 5.57. The van der Waals surface area contributed by atoms with Crippen LogP contribution in [0.2, 0.25) is 0 Å². The summed E-state index contributed by atoms with van der Waals surface area (Å²) in [5.41, 5.74) is 0. The van der Waals surface area contributed by atoms with Gasteiger partial charge in [0.05, 0.1) is 19.9 Å². The maximum Gasteiger partial charge on any atom is 0.349 e. The van der Waals surface area contributed by atoms with Gasteiger partial charge >= 0.3 is 5.97 Å². The van der Waals surface area contributed by atoms with Crippen LogP contribution in [0.15, 0.2) is 39.2 Å². The average Bonchev–Trinajstić information content (AvgIpc) is 3.23. The Bertz CT molecular complexity index is 813. The number of hydrogen-bond acceptors (Lipinski definition) is 7. The van der Waals surface area contributed by atoms with Gasteiger partial charge in [-0.05, 0) is 36.5 Å². The molecule has 2 aromatic rings. The lowest BCUT2D eigenvalue weighted by atomic mass is 10.3. The van der Waals surface area contributed by atoms with Crippen molar-refractivity contribution in [2.24, 2.45) is 0 Å². The van der Waals surface area contributed by atoms with Crippen molar-refractivity contribution < 1.29 is 22.4 Å². The van der Waals surface area contributed by atoms with Crippen molar-refractivity contribution in [3.8, 4) is 0 Å². The molecule has 0 atom stereocenters. The molecule has 1 aliphatic rings. The second-order valence-corrected chi connectivity index (χ2v) is 8.54. The topological polar surface area (TPSA) is 80.1 Å². The first-order chi connectivity index (χ1) is 12.0. The van der Waals surface area contributed by atoms with Crippen LogP contribution in [0.1, 0.15) is 21.9 Å². The second kappa shape index (κ2) is 7.69. The SMILES string of the molecule is COC(=O)c1sccc1S(=O)(=O)N1CCCN(Cc2ccco2)CC1. The molecule has 0 bridgehead atoms. The van der Waals surface area contributed by atoms with E-state index < -0.39 is 16.0 Å². The molecule has 0 N–H and O–H groups in total. The van der Waals surface area contributed by atoms with Gasteiger partial charge in [-0.15, -0.1) is 11.3 Å². The summed E-state index contributed by atoms with van der Waals surface area (Å²) in [4.78, 5) is 14.1. The molecular weight excluding hydrogens is 364 g/mol. The number of esters is 1. The van der Waals surface area contributed by atoms with Crippen molar-refractivity contribution in [3.63, 3.8) is 0 Å². The minimum absolute atomic E-state index is 0.0313. The molecule has 0 aromatic carbocycles. The first kappa shape index (κ1) is 18.1. The Hall–Kier alpha value is -1.68. The summed E-state index contributed by atoms with van der Waals surface area (Å²) in [5.74, 6) is 0.241. The summed E-state index contributed by atoms with van der Waals surface area (Å²) in [6, 6.07) is 5.22. The summed E-state index contributed by atoms with van der Waals surface area (Å²) in [5, 5.41) is 1.60. The molecule has 136 valence electrons. The van der Waals surface area contributed by atoms with E-state index in [4.69, 9.17) is 4.42 Å². The van der Waals surface area contributed by atoms with Crippen molar-refractivity contribution in [2.75, 3.05) is 33.3 Å². The van der Waals surface area contributed by atoms with E-state index in [1.54, 1.807) is 11.6 Å². The van der Waals surface area contributed by atoms with Crippen molar-refractivity contribution >= 4 is 27.3 Å². The number of rotatable bonds is 5. The summed E-state index contributed by atoms with van der Waals surface area (Å²) >= 11 is 1.08. The predicted molar refractivity (Wildman–Crippen MR) is 93.0 cm³/mol. The fraction of sp³-hybridized carbons (Fsp3) is 0.438. The third-order valence-electron chi connectivity index (χ3n) is 4.12. The first-order valence-corrected chi connectivity index (χ1v) is 10.2. The van der Waals surface area contributed by atoms with Crippen molar-refractivity contribution in [1.29, 1.82) is 0 Å². The zero-order valence-electron chi connectivity index (χ0n) is 13.9.